The second kappa shape index (κ2) is 10.2. The Morgan fingerprint density at radius 2 is 1.44 bits per heavy atom. The summed E-state index contributed by atoms with van der Waals surface area (Å²) < 4.78 is 0. The zero-order valence-electron chi connectivity index (χ0n) is 19.3. The highest BCUT2D eigenvalue weighted by molar-refractivity contribution is 6.04. The first kappa shape index (κ1) is 23.0. The molecule has 0 aliphatic heterocycles. The van der Waals surface area contributed by atoms with Gasteiger partial charge < -0.3 is 21.3 Å². The second-order valence-electron chi connectivity index (χ2n) is 8.54. The molecule has 0 aromatic heterocycles. The summed E-state index contributed by atoms with van der Waals surface area (Å²) in [7, 11) is 0. The molecule has 3 amide bonds. The third-order valence-corrected chi connectivity index (χ3v) is 5.69. The van der Waals surface area contributed by atoms with Crippen LogP contribution in [0, 0.1) is 19.8 Å². The number of carbonyl (C=O) groups is 3. The van der Waals surface area contributed by atoms with Crippen molar-refractivity contribution in [3.8, 4) is 0 Å². The van der Waals surface area contributed by atoms with Gasteiger partial charge in [-0.25, -0.2) is 0 Å². The van der Waals surface area contributed by atoms with E-state index in [4.69, 9.17) is 0 Å². The molecule has 174 valence electrons. The van der Waals surface area contributed by atoms with E-state index in [0.717, 1.165) is 35.3 Å². The number of amides is 3. The molecule has 1 aliphatic rings. The molecule has 0 bridgehead atoms. The minimum atomic E-state index is -0.205. The molecule has 0 radical (unpaired) electrons. The molecule has 0 saturated heterocycles. The first-order chi connectivity index (χ1) is 16.4. The molecule has 7 heteroatoms. The Bertz CT molecular complexity index is 1220. The summed E-state index contributed by atoms with van der Waals surface area (Å²) in [5.74, 6) is -0.209. The Kier molecular flexibility index (Phi) is 6.92. The van der Waals surface area contributed by atoms with E-state index in [2.05, 4.69) is 21.3 Å². The van der Waals surface area contributed by atoms with Crippen LogP contribution in [0.2, 0.25) is 0 Å². The van der Waals surface area contributed by atoms with Crippen LogP contribution >= 0.6 is 0 Å². The van der Waals surface area contributed by atoms with Gasteiger partial charge in [-0.15, -0.1) is 0 Å². The van der Waals surface area contributed by atoms with Gasteiger partial charge in [-0.2, -0.15) is 0 Å². The standard InChI is InChI=1S/C27H28N4O3/c1-17-5-3-6-20(15-17)27(34)30-22-13-11-21(12-14-22)29-25(32)16-28-23-7-4-8-24(18(23)2)31-26(33)19-9-10-19/h3-8,11-15,19,28H,9-10,16H2,1-2H3,(H,29,32)(H,30,34)(H,31,33). The zero-order valence-corrected chi connectivity index (χ0v) is 19.3. The highest BCUT2D eigenvalue weighted by atomic mass is 16.2. The normalized spacial score (nSPS) is 12.5. The minimum absolute atomic E-state index is 0.0523. The molecular weight excluding hydrogens is 428 g/mol. The number of aryl methyl sites for hydroxylation is 1. The number of hydrogen-bond donors (Lipinski definition) is 4. The Labute approximate surface area is 199 Å². The lowest BCUT2D eigenvalue weighted by atomic mass is 10.1. The predicted molar refractivity (Wildman–Crippen MR) is 135 cm³/mol. The van der Waals surface area contributed by atoms with Crippen molar-refractivity contribution in [2.75, 3.05) is 27.8 Å². The van der Waals surface area contributed by atoms with Crippen molar-refractivity contribution in [1.82, 2.24) is 0 Å². The number of carbonyl (C=O) groups excluding carboxylic acids is 3. The molecule has 0 heterocycles. The monoisotopic (exact) mass is 456 g/mol. The summed E-state index contributed by atoms with van der Waals surface area (Å²) in [4.78, 5) is 36.9. The summed E-state index contributed by atoms with van der Waals surface area (Å²) in [6.07, 6.45) is 1.89. The molecule has 0 unspecified atom stereocenters. The highest BCUT2D eigenvalue weighted by Crippen LogP contribution is 2.31. The highest BCUT2D eigenvalue weighted by Gasteiger charge is 2.29. The maximum absolute atomic E-state index is 12.4. The van der Waals surface area contributed by atoms with E-state index in [1.54, 1.807) is 30.3 Å². The quantitative estimate of drug-likeness (QED) is 0.385. The number of nitrogens with one attached hydrogen (secondary N) is 4. The Morgan fingerprint density at radius 1 is 0.794 bits per heavy atom. The van der Waals surface area contributed by atoms with E-state index >= 15 is 0 Å². The molecule has 3 aromatic rings. The zero-order chi connectivity index (χ0) is 24.1. The van der Waals surface area contributed by atoms with Crippen molar-refractivity contribution in [3.63, 3.8) is 0 Å². The van der Waals surface area contributed by atoms with Gasteiger partial charge in [0, 0.05) is 34.2 Å². The van der Waals surface area contributed by atoms with Gasteiger partial charge in [0.15, 0.2) is 0 Å². The van der Waals surface area contributed by atoms with Gasteiger partial charge in [-0.3, -0.25) is 14.4 Å². The van der Waals surface area contributed by atoms with Crippen LogP contribution in [0.25, 0.3) is 0 Å². The molecular formula is C27H28N4O3. The third kappa shape index (κ3) is 6.01. The molecule has 1 aliphatic carbocycles. The molecule has 0 atom stereocenters. The maximum atomic E-state index is 12.4. The molecule has 1 fully saturated rings. The maximum Gasteiger partial charge on any atom is 0.255 e. The van der Waals surface area contributed by atoms with Gasteiger partial charge in [-0.1, -0.05) is 23.8 Å². The summed E-state index contributed by atoms with van der Waals surface area (Å²) in [5.41, 5.74) is 5.31. The summed E-state index contributed by atoms with van der Waals surface area (Å²) in [5, 5.41) is 11.8. The van der Waals surface area contributed by atoms with Crippen LogP contribution in [-0.4, -0.2) is 24.3 Å². The Balaban J connectivity index is 1.29. The van der Waals surface area contributed by atoms with Gasteiger partial charge in [-0.05, 0) is 80.8 Å². The van der Waals surface area contributed by atoms with E-state index in [9.17, 15) is 14.4 Å². The van der Waals surface area contributed by atoms with Crippen LogP contribution in [0.3, 0.4) is 0 Å². The summed E-state index contributed by atoms with van der Waals surface area (Å²) >= 11 is 0. The number of rotatable bonds is 8. The first-order valence-corrected chi connectivity index (χ1v) is 11.3. The molecule has 34 heavy (non-hydrogen) atoms. The van der Waals surface area contributed by atoms with Gasteiger partial charge in [0.2, 0.25) is 11.8 Å². The summed E-state index contributed by atoms with van der Waals surface area (Å²) in [6, 6.07) is 19.9. The largest absolute Gasteiger partial charge is 0.376 e. The first-order valence-electron chi connectivity index (χ1n) is 11.3. The topological polar surface area (TPSA) is 99.3 Å². The second-order valence-corrected chi connectivity index (χ2v) is 8.54. The van der Waals surface area contributed by atoms with Gasteiger partial charge >= 0.3 is 0 Å². The van der Waals surface area contributed by atoms with E-state index in [1.165, 1.54) is 0 Å². The Morgan fingerprint density at radius 3 is 2.12 bits per heavy atom. The predicted octanol–water partition coefficient (Wildman–Crippen LogP) is 4.95. The fourth-order valence-corrected chi connectivity index (χ4v) is 3.55. The fraction of sp³-hybridized carbons (Fsp3) is 0.222. The average molecular weight is 457 g/mol. The molecule has 3 aromatic carbocycles. The number of benzene rings is 3. The Hall–Kier alpha value is -4.13. The SMILES string of the molecule is Cc1cccc(C(=O)Nc2ccc(NC(=O)CNc3cccc(NC(=O)C4CC4)c3C)cc2)c1. The van der Waals surface area contributed by atoms with Crippen molar-refractivity contribution in [2.45, 2.75) is 26.7 Å². The molecule has 7 nitrogen and oxygen atoms in total. The number of hydrogen-bond acceptors (Lipinski definition) is 4. The van der Waals surface area contributed by atoms with Crippen LogP contribution in [0.5, 0.6) is 0 Å². The minimum Gasteiger partial charge on any atom is -0.376 e. The van der Waals surface area contributed by atoms with Gasteiger partial charge in [0.1, 0.15) is 0 Å². The third-order valence-electron chi connectivity index (χ3n) is 5.69. The lowest BCUT2D eigenvalue weighted by Gasteiger charge is -2.14. The van der Waals surface area contributed by atoms with Crippen molar-refractivity contribution < 1.29 is 14.4 Å². The lowest BCUT2D eigenvalue weighted by Crippen LogP contribution is -2.22. The average Bonchev–Trinajstić information content (AvgIpc) is 3.66. The molecule has 4 rings (SSSR count). The van der Waals surface area contributed by atoms with Crippen molar-refractivity contribution in [2.24, 2.45) is 5.92 Å². The number of anilines is 4. The smallest absolute Gasteiger partial charge is 0.255 e. The van der Waals surface area contributed by atoms with Crippen LogP contribution < -0.4 is 21.3 Å². The van der Waals surface area contributed by atoms with Crippen molar-refractivity contribution in [3.05, 3.63) is 83.4 Å². The van der Waals surface area contributed by atoms with Crippen LogP contribution in [0.1, 0.15) is 34.3 Å². The van der Waals surface area contributed by atoms with Crippen molar-refractivity contribution >= 4 is 40.5 Å². The van der Waals surface area contributed by atoms with E-state index in [1.807, 2.05) is 50.2 Å². The summed E-state index contributed by atoms with van der Waals surface area (Å²) in [6.45, 7) is 3.92. The van der Waals surface area contributed by atoms with Crippen molar-refractivity contribution in [1.29, 1.82) is 0 Å². The van der Waals surface area contributed by atoms with Crippen LogP contribution in [0.4, 0.5) is 22.7 Å². The molecule has 1 saturated carbocycles. The van der Waals surface area contributed by atoms with Crippen LogP contribution in [-0.2, 0) is 9.59 Å². The molecule has 4 N–H and O–H groups in total. The molecule has 0 spiro atoms. The van der Waals surface area contributed by atoms with Gasteiger partial charge in [0.05, 0.1) is 6.54 Å². The van der Waals surface area contributed by atoms with E-state index in [-0.39, 0.29) is 30.2 Å². The van der Waals surface area contributed by atoms with Crippen LogP contribution in [0.15, 0.2) is 66.7 Å². The lowest BCUT2D eigenvalue weighted by molar-refractivity contribution is -0.117. The van der Waals surface area contributed by atoms with Gasteiger partial charge in [0.25, 0.3) is 5.91 Å². The van der Waals surface area contributed by atoms with E-state index in [0.29, 0.717) is 16.9 Å². The fourth-order valence-electron chi connectivity index (χ4n) is 3.55. The van der Waals surface area contributed by atoms with E-state index < -0.39 is 0 Å².